The van der Waals surface area contributed by atoms with Crippen LogP contribution in [0.5, 0.6) is 0 Å². The first-order valence-corrected chi connectivity index (χ1v) is 11.5. The van der Waals surface area contributed by atoms with E-state index in [1.807, 2.05) is 0 Å². The van der Waals surface area contributed by atoms with Crippen molar-refractivity contribution in [2.45, 2.75) is 50.4 Å². The molecule has 2 aliphatic rings. The molecule has 1 saturated heterocycles. The number of nitrogens with zero attached hydrogens (tertiary/aromatic N) is 5. The minimum atomic E-state index is -1.17. The highest BCUT2D eigenvalue weighted by atomic mass is 16.5. The molecule has 192 valence electrons. The third kappa shape index (κ3) is 6.17. The molecule has 5 N–H and O–H groups in total. The van der Waals surface area contributed by atoms with Crippen molar-refractivity contribution in [3.05, 3.63) is 29.7 Å². The summed E-state index contributed by atoms with van der Waals surface area (Å²) in [5.74, 6) is -2.08. The van der Waals surface area contributed by atoms with Crippen molar-refractivity contribution in [1.82, 2.24) is 41.6 Å². The first-order chi connectivity index (χ1) is 17.4. The number of tetrazole rings is 1. The number of hydrogen-bond donors (Lipinski definition) is 5. The molecule has 0 spiro atoms. The minimum Gasteiger partial charge on any atom is -0.481 e. The van der Waals surface area contributed by atoms with Gasteiger partial charge in [0.2, 0.25) is 11.8 Å². The number of aliphatic carboxylic acids is 1. The lowest BCUT2D eigenvalue weighted by Gasteiger charge is -2.29. The van der Waals surface area contributed by atoms with Crippen LogP contribution in [0.15, 0.2) is 18.3 Å². The molecule has 2 aromatic rings. The molecular weight excluding hydrogens is 474 g/mol. The first-order valence-electron chi connectivity index (χ1n) is 11.5. The van der Waals surface area contributed by atoms with Gasteiger partial charge in [0, 0.05) is 38.0 Å². The van der Waals surface area contributed by atoms with E-state index in [0.717, 1.165) is 0 Å². The van der Waals surface area contributed by atoms with Gasteiger partial charge in [0.25, 0.3) is 5.91 Å². The molecule has 15 heteroatoms. The maximum absolute atomic E-state index is 13.7. The van der Waals surface area contributed by atoms with E-state index < -0.39 is 35.8 Å². The highest BCUT2D eigenvalue weighted by molar-refractivity contribution is 6.06. The van der Waals surface area contributed by atoms with Gasteiger partial charge < -0.3 is 25.8 Å². The molecule has 0 bridgehead atoms. The lowest BCUT2D eigenvalue weighted by Crippen LogP contribution is -2.55. The molecule has 3 atom stereocenters. The summed E-state index contributed by atoms with van der Waals surface area (Å²) in [6.07, 6.45) is 1.26. The fourth-order valence-electron chi connectivity index (χ4n) is 4.18. The number of morpholine rings is 1. The third-order valence-corrected chi connectivity index (χ3v) is 5.88. The second-order valence-corrected chi connectivity index (χ2v) is 8.44. The number of fused-ring (bicyclic) bond motifs is 1. The number of hydrogen-bond acceptors (Lipinski definition) is 10. The number of H-pyrrole nitrogens is 1. The number of rotatable bonds is 10. The third-order valence-electron chi connectivity index (χ3n) is 5.88. The summed E-state index contributed by atoms with van der Waals surface area (Å²) in [4.78, 5) is 56.3. The Morgan fingerprint density at radius 1 is 1.31 bits per heavy atom. The number of pyridine rings is 1. The van der Waals surface area contributed by atoms with Crippen molar-refractivity contribution in [1.29, 1.82) is 0 Å². The zero-order chi connectivity index (χ0) is 25.5. The number of carboxylic acid groups (broad SMARTS) is 1. The number of anilines is 1. The van der Waals surface area contributed by atoms with Crippen LogP contribution < -0.4 is 20.9 Å². The molecule has 0 aliphatic carbocycles. The topological polar surface area (TPSA) is 204 Å². The van der Waals surface area contributed by atoms with Gasteiger partial charge in [0.15, 0.2) is 5.82 Å². The number of carbonyl (C=O) groups is 4. The number of aromatic amines is 1. The van der Waals surface area contributed by atoms with Crippen LogP contribution in [0.25, 0.3) is 0 Å². The Labute approximate surface area is 205 Å². The average molecular weight is 502 g/mol. The molecule has 0 aromatic carbocycles. The summed E-state index contributed by atoms with van der Waals surface area (Å²) >= 11 is 0. The van der Waals surface area contributed by atoms with Crippen LogP contribution in [0.2, 0.25) is 0 Å². The predicted molar refractivity (Wildman–Crippen MR) is 121 cm³/mol. The quantitative estimate of drug-likeness (QED) is 0.238. The van der Waals surface area contributed by atoms with Crippen LogP contribution in [-0.4, -0.2) is 92.3 Å². The smallest absolute Gasteiger partial charge is 0.303 e. The molecule has 0 radical (unpaired) electrons. The average Bonchev–Trinajstić information content (AvgIpc) is 3.53. The molecule has 15 nitrogen and oxygen atoms in total. The summed E-state index contributed by atoms with van der Waals surface area (Å²) in [6, 6.07) is 1.12. The van der Waals surface area contributed by atoms with Gasteiger partial charge >= 0.3 is 5.97 Å². The molecule has 4 rings (SSSR count). The van der Waals surface area contributed by atoms with Crippen molar-refractivity contribution in [2.75, 3.05) is 24.7 Å². The fourth-order valence-corrected chi connectivity index (χ4v) is 4.18. The fraction of sp³-hybridized carbons (Fsp3) is 0.524. The number of ether oxygens (including phenoxy) is 1. The van der Waals surface area contributed by atoms with Crippen molar-refractivity contribution < 1.29 is 29.0 Å². The number of amides is 3. The molecule has 4 heterocycles. The molecule has 2 unspecified atom stereocenters. The van der Waals surface area contributed by atoms with Gasteiger partial charge in [0.05, 0.1) is 19.8 Å². The van der Waals surface area contributed by atoms with Gasteiger partial charge in [-0.05, 0) is 18.1 Å². The van der Waals surface area contributed by atoms with E-state index in [0.29, 0.717) is 31.1 Å². The number of carboxylic acids is 1. The molecule has 2 aliphatic heterocycles. The van der Waals surface area contributed by atoms with Gasteiger partial charge in [-0.25, -0.2) is 4.98 Å². The van der Waals surface area contributed by atoms with Gasteiger partial charge in [-0.2, -0.15) is 5.21 Å². The van der Waals surface area contributed by atoms with Gasteiger partial charge in [-0.1, -0.05) is 11.3 Å². The Balaban J connectivity index is 1.51. The van der Waals surface area contributed by atoms with Crippen LogP contribution >= 0.6 is 0 Å². The summed E-state index contributed by atoms with van der Waals surface area (Å²) in [5, 5.41) is 31.0. The maximum atomic E-state index is 13.7. The summed E-state index contributed by atoms with van der Waals surface area (Å²) in [5.41, 5.74) is 0.678. The normalized spacial score (nSPS) is 19.8. The standard InChI is InChI=1S/C21H27N9O6/c31-17(9-13-11-36-7-6-22-13)25-14(3-4-18(32)33)21(35)30-15(8-12-2-1-5-23-19(12)30)20(34)24-10-16-26-28-29-27-16/h1-2,5,13-15,22H,3-4,6-11H2,(H,24,34)(H,25,31)(H,32,33)(H,26,27,28,29)/t13?,14?,15-/m0/s1. The van der Waals surface area contributed by atoms with Gasteiger partial charge in [0.1, 0.15) is 17.9 Å². The van der Waals surface area contributed by atoms with Crippen LogP contribution in [-0.2, 0) is 36.9 Å². The zero-order valence-corrected chi connectivity index (χ0v) is 19.3. The lowest BCUT2D eigenvalue weighted by atomic mass is 10.1. The van der Waals surface area contributed by atoms with Crippen LogP contribution in [0.1, 0.15) is 30.7 Å². The Morgan fingerprint density at radius 2 is 2.17 bits per heavy atom. The van der Waals surface area contributed by atoms with Crippen molar-refractivity contribution in [3.63, 3.8) is 0 Å². The largest absolute Gasteiger partial charge is 0.481 e. The number of nitrogens with one attached hydrogen (secondary N) is 4. The van der Waals surface area contributed by atoms with Crippen molar-refractivity contribution in [3.8, 4) is 0 Å². The highest BCUT2D eigenvalue weighted by Gasteiger charge is 2.42. The summed E-state index contributed by atoms with van der Waals surface area (Å²) < 4.78 is 5.36. The predicted octanol–water partition coefficient (Wildman–Crippen LogP) is -2.10. The van der Waals surface area contributed by atoms with Crippen molar-refractivity contribution >= 4 is 29.5 Å². The highest BCUT2D eigenvalue weighted by Crippen LogP contribution is 2.31. The summed E-state index contributed by atoms with van der Waals surface area (Å²) in [6.45, 7) is 1.51. The molecule has 1 fully saturated rings. The zero-order valence-electron chi connectivity index (χ0n) is 19.3. The van der Waals surface area contributed by atoms with Crippen molar-refractivity contribution in [2.24, 2.45) is 0 Å². The van der Waals surface area contributed by atoms with E-state index in [2.05, 4.69) is 41.6 Å². The molecule has 2 aromatic heterocycles. The second-order valence-electron chi connectivity index (χ2n) is 8.44. The van der Waals surface area contributed by atoms with Crippen LogP contribution in [0.4, 0.5) is 5.82 Å². The molecular formula is C21H27N9O6. The monoisotopic (exact) mass is 501 g/mol. The Kier molecular flexibility index (Phi) is 8.12. The number of aromatic nitrogens is 5. The second kappa shape index (κ2) is 11.6. The number of carbonyl (C=O) groups excluding carboxylic acids is 3. The van der Waals surface area contributed by atoms with Gasteiger partial charge in [-0.15, -0.1) is 10.2 Å². The van der Waals surface area contributed by atoms with E-state index >= 15 is 0 Å². The minimum absolute atomic E-state index is 0.00667. The van der Waals surface area contributed by atoms with Crippen LogP contribution in [0.3, 0.4) is 0 Å². The Hall–Kier alpha value is -3.98. The van der Waals surface area contributed by atoms with E-state index in [9.17, 15) is 24.3 Å². The maximum Gasteiger partial charge on any atom is 0.303 e. The van der Waals surface area contributed by atoms with E-state index in [4.69, 9.17) is 4.74 Å². The molecule has 3 amide bonds. The Bertz CT molecular complexity index is 1090. The molecule has 36 heavy (non-hydrogen) atoms. The van der Waals surface area contributed by atoms with E-state index in [-0.39, 0.29) is 44.1 Å². The lowest BCUT2D eigenvalue weighted by molar-refractivity contribution is -0.138. The molecule has 0 saturated carbocycles. The first kappa shape index (κ1) is 25.1. The van der Waals surface area contributed by atoms with E-state index in [1.165, 1.54) is 11.1 Å². The summed E-state index contributed by atoms with van der Waals surface area (Å²) in [7, 11) is 0. The van der Waals surface area contributed by atoms with E-state index in [1.54, 1.807) is 12.1 Å². The van der Waals surface area contributed by atoms with Gasteiger partial charge in [-0.3, -0.25) is 24.1 Å². The Morgan fingerprint density at radius 3 is 2.89 bits per heavy atom. The van der Waals surface area contributed by atoms with Crippen LogP contribution in [0, 0.1) is 0 Å². The SMILES string of the molecule is O=C(O)CCC(NC(=O)CC1COCCN1)C(=O)N1c2ncccc2C[C@H]1C(=O)NCc1nn[nH]n1.